The molecule has 0 amide bonds. The lowest BCUT2D eigenvalue weighted by Gasteiger charge is -2.41. The zero-order valence-electron chi connectivity index (χ0n) is 14.5. The molecule has 1 aliphatic rings. The van der Waals surface area contributed by atoms with Crippen molar-refractivity contribution >= 4 is 0 Å². The van der Waals surface area contributed by atoms with Crippen LogP contribution in [-0.2, 0) is 20.8 Å². The van der Waals surface area contributed by atoms with Crippen molar-refractivity contribution in [1.82, 2.24) is 0 Å². The van der Waals surface area contributed by atoms with Gasteiger partial charge in [0.2, 0.25) is 0 Å². The van der Waals surface area contributed by atoms with Crippen molar-refractivity contribution in [1.29, 1.82) is 0 Å². The average Bonchev–Trinajstić information content (AvgIpc) is 2.51. The summed E-state index contributed by atoms with van der Waals surface area (Å²) in [5.74, 6) is -0.499. The Bertz CT molecular complexity index is 455. The molecule has 0 bridgehead atoms. The molecule has 3 nitrogen and oxygen atoms in total. The number of allylic oxidation sites excluding steroid dienone is 1. The Kier molecular flexibility index (Phi) is 7.28. The second-order valence-electron chi connectivity index (χ2n) is 6.66. The van der Waals surface area contributed by atoms with Crippen molar-refractivity contribution in [3.63, 3.8) is 0 Å². The summed E-state index contributed by atoms with van der Waals surface area (Å²) >= 11 is 0. The highest BCUT2D eigenvalue weighted by molar-refractivity contribution is 5.13. The van der Waals surface area contributed by atoms with Crippen LogP contribution in [0.3, 0.4) is 0 Å². The third kappa shape index (κ3) is 6.86. The third-order valence-corrected chi connectivity index (χ3v) is 4.06. The Hall–Kier alpha value is -1.16. The molecular formula is C20H30O3. The number of ether oxygens (including phenoxy) is 3. The Morgan fingerprint density at radius 1 is 1.17 bits per heavy atom. The molecule has 0 aromatic heterocycles. The van der Waals surface area contributed by atoms with Gasteiger partial charge in [-0.25, -0.2) is 0 Å². The molecule has 1 aromatic carbocycles. The molecule has 0 spiro atoms. The number of hydrogen-bond donors (Lipinski definition) is 0. The fourth-order valence-electron chi connectivity index (χ4n) is 3.04. The van der Waals surface area contributed by atoms with E-state index < -0.39 is 5.79 Å². The van der Waals surface area contributed by atoms with Gasteiger partial charge in [0.25, 0.3) is 0 Å². The molecule has 3 heteroatoms. The molecule has 0 unspecified atom stereocenters. The lowest BCUT2D eigenvalue weighted by Crippen LogP contribution is -2.44. The topological polar surface area (TPSA) is 27.7 Å². The third-order valence-electron chi connectivity index (χ3n) is 4.06. The maximum absolute atomic E-state index is 6.04. The number of rotatable bonds is 9. The predicted molar refractivity (Wildman–Crippen MR) is 93.2 cm³/mol. The van der Waals surface area contributed by atoms with Gasteiger partial charge in [-0.1, -0.05) is 36.4 Å². The van der Waals surface area contributed by atoms with Gasteiger partial charge >= 0.3 is 0 Å². The monoisotopic (exact) mass is 318 g/mol. The predicted octanol–water partition coefficient (Wildman–Crippen LogP) is 4.86. The first-order valence-electron chi connectivity index (χ1n) is 8.67. The van der Waals surface area contributed by atoms with Crippen molar-refractivity contribution in [3.8, 4) is 0 Å². The summed E-state index contributed by atoms with van der Waals surface area (Å²) in [5.41, 5.74) is 1.21. The summed E-state index contributed by atoms with van der Waals surface area (Å²) in [6.45, 7) is 9.17. The summed E-state index contributed by atoms with van der Waals surface area (Å²) < 4.78 is 17.9. The van der Waals surface area contributed by atoms with Crippen LogP contribution in [0.4, 0.5) is 0 Å². The van der Waals surface area contributed by atoms with Gasteiger partial charge in [0, 0.05) is 13.0 Å². The van der Waals surface area contributed by atoms with Crippen molar-refractivity contribution in [3.05, 3.63) is 48.6 Å². The minimum absolute atomic E-state index is 0.211. The average molecular weight is 318 g/mol. The quantitative estimate of drug-likeness (QED) is 0.481. The molecular weight excluding hydrogens is 288 g/mol. The van der Waals surface area contributed by atoms with Gasteiger partial charge in [0.1, 0.15) is 0 Å². The Morgan fingerprint density at radius 3 is 2.57 bits per heavy atom. The highest BCUT2D eigenvalue weighted by Crippen LogP contribution is 2.30. The zero-order chi connectivity index (χ0) is 16.5. The molecule has 2 rings (SSSR count). The number of benzene rings is 1. The molecule has 0 N–H and O–H groups in total. The minimum atomic E-state index is -0.499. The summed E-state index contributed by atoms with van der Waals surface area (Å²) in [6, 6.07) is 10.3. The summed E-state index contributed by atoms with van der Waals surface area (Å²) in [4.78, 5) is 0. The molecule has 23 heavy (non-hydrogen) atoms. The maximum atomic E-state index is 6.04. The van der Waals surface area contributed by atoms with Crippen LogP contribution in [0.2, 0.25) is 0 Å². The van der Waals surface area contributed by atoms with E-state index in [1.165, 1.54) is 5.56 Å². The van der Waals surface area contributed by atoms with Gasteiger partial charge in [-0.2, -0.15) is 0 Å². The van der Waals surface area contributed by atoms with Crippen LogP contribution in [0.1, 0.15) is 51.5 Å². The fraction of sp³-hybridized carbons (Fsp3) is 0.600. The molecule has 128 valence electrons. The van der Waals surface area contributed by atoms with Crippen LogP contribution in [0.5, 0.6) is 0 Å². The van der Waals surface area contributed by atoms with Gasteiger partial charge in [-0.15, -0.1) is 6.58 Å². The van der Waals surface area contributed by atoms with E-state index >= 15 is 0 Å². The molecule has 0 radical (unpaired) electrons. The summed E-state index contributed by atoms with van der Waals surface area (Å²) in [5, 5.41) is 0. The van der Waals surface area contributed by atoms with Gasteiger partial charge in [-0.05, 0) is 45.1 Å². The maximum Gasteiger partial charge on any atom is 0.163 e. The molecule has 0 aliphatic carbocycles. The van der Waals surface area contributed by atoms with E-state index in [9.17, 15) is 0 Å². The fourth-order valence-corrected chi connectivity index (χ4v) is 3.04. The van der Waals surface area contributed by atoms with E-state index in [1.54, 1.807) is 0 Å². The van der Waals surface area contributed by atoms with Crippen molar-refractivity contribution in [2.24, 2.45) is 0 Å². The lowest BCUT2D eigenvalue weighted by molar-refractivity contribution is -0.302. The summed E-state index contributed by atoms with van der Waals surface area (Å²) in [6.07, 6.45) is 7.57. The van der Waals surface area contributed by atoms with Crippen molar-refractivity contribution in [2.75, 3.05) is 6.61 Å². The summed E-state index contributed by atoms with van der Waals surface area (Å²) in [7, 11) is 0. The Balaban J connectivity index is 1.71. The molecule has 1 heterocycles. The number of hydrogen-bond acceptors (Lipinski definition) is 3. The van der Waals surface area contributed by atoms with Gasteiger partial charge < -0.3 is 14.2 Å². The van der Waals surface area contributed by atoms with Crippen LogP contribution < -0.4 is 0 Å². The van der Waals surface area contributed by atoms with Crippen molar-refractivity contribution < 1.29 is 14.2 Å². The van der Waals surface area contributed by atoms with Crippen LogP contribution in [0.15, 0.2) is 43.0 Å². The molecule has 1 aromatic rings. The van der Waals surface area contributed by atoms with E-state index in [4.69, 9.17) is 14.2 Å². The van der Waals surface area contributed by atoms with Crippen LogP contribution >= 0.6 is 0 Å². The first-order chi connectivity index (χ1) is 11.1. The SMILES string of the molecule is C=CCCC[C@H]1C[C@H](CCOCc2ccccc2)OC(C)(C)O1. The van der Waals surface area contributed by atoms with Gasteiger partial charge in [-0.3, -0.25) is 0 Å². The Morgan fingerprint density at radius 2 is 1.87 bits per heavy atom. The van der Waals surface area contributed by atoms with Gasteiger partial charge in [0.05, 0.1) is 18.8 Å². The van der Waals surface area contributed by atoms with Crippen molar-refractivity contribution in [2.45, 2.75) is 70.6 Å². The molecule has 1 saturated heterocycles. The van der Waals surface area contributed by atoms with E-state index in [0.29, 0.717) is 6.61 Å². The molecule has 0 saturated carbocycles. The molecule has 2 atom stereocenters. The largest absolute Gasteiger partial charge is 0.377 e. The van der Waals surface area contributed by atoms with Gasteiger partial charge in [0.15, 0.2) is 5.79 Å². The molecule has 1 aliphatic heterocycles. The highest BCUT2D eigenvalue weighted by atomic mass is 16.7. The zero-order valence-corrected chi connectivity index (χ0v) is 14.5. The first kappa shape index (κ1) is 18.2. The minimum Gasteiger partial charge on any atom is -0.377 e. The standard InChI is InChI=1S/C20H30O3/c1-4-5-7-12-18-15-19(23-20(2,3)22-18)13-14-21-16-17-10-8-6-9-11-17/h4,6,8-11,18-19H,1,5,7,12-16H2,2-3H3/t18-,19-/m0/s1. The van der Waals surface area contributed by atoms with E-state index in [2.05, 4.69) is 18.7 Å². The number of unbranched alkanes of at least 4 members (excludes halogenated alkanes) is 1. The van der Waals surface area contributed by atoms with E-state index in [0.717, 1.165) is 38.7 Å². The van der Waals surface area contributed by atoms with Crippen LogP contribution in [0.25, 0.3) is 0 Å². The smallest absolute Gasteiger partial charge is 0.163 e. The normalized spacial score (nSPS) is 23.6. The second kappa shape index (κ2) is 9.21. The lowest BCUT2D eigenvalue weighted by atomic mass is 10.0. The first-order valence-corrected chi connectivity index (χ1v) is 8.67. The molecule has 1 fully saturated rings. The van der Waals surface area contributed by atoms with E-state index in [-0.39, 0.29) is 12.2 Å². The van der Waals surface area contributed by atoms with Crippen LogP contribution in [0, 0.1) is 0 Å². The van der Waals surface area contributed by atoms with E-state index in [1.807, 2.05) is 38.1 Å². The Labute approximate surface area is 140 Å². The second-order valence-corrected chi connectivity index (χ2v) is 6.66. The highest BCUT2D eigenvalue weighted by Gasteiger charge is 2.34. The van der Waals surface area contributed by atoms with Crippen LogP contribution in [-0.4, -0.2) is 24.6 Å².